The Bertz CT molecular complexity index is 270. The first kappa shape index (κ1) is 12.5. The van der Waals surface area contributed by atoms with Crippen LogP contribution in [0.5, 0.6) is 0 Å². The van der Waals surface area contributed by atoms with E-state index in [4.69, 9.17) is 4.74 Å². The molecule has 0 fully saturated rings. The van der Waals surface area contributed by atoms with Crippen molar-refractivity contribution in [2.24, 2.45) is 5.92 Å². The minimum Gasteiger partial charge on any atom is -0.379 e. The molecule has 0 bridgehead atoms. The highest BCUT2D eigenvalue weighted by atomic mass is 16.5. The van der Waals surface area contributed by atoms with Gasteiger partial charge in [-0.2, -0.15) is 0 Å². The molecular formula is C14H24O. The molecule has 0 aromatic carbocycles. The van der Waals surface area contributed by atoms with Crippen LogP contribution in [-0.2, 0) is 4.74 Å². The highest BCUT2D eigenvalue weighted by Gasteiger charge is 2.23. The second-order valence-corrected chi connectivity index (χ2v) is 4.88. The van der Waals surface area contributed by atoms with E-state index in [1.165, 1.54) is 22.3 Å². The molecule has 0 saturated carbocycles. The van der Waals surface area contributed by atoms with Crippen molar-refractivity contribution in [3.05, 3.63) is 22.3 Å². The van der Waals surface area contributed by atoms with E-state index in [0.717, 1.165) is 13.0 Å². The van der Waals surface area contributed by atoms with Crippen molar-refractivity contribution in [2.75, 3.05) is 6.61 Å². The van der Waals surface area contributed by atoms with E-state index in [9.17, 15) is 0 Å². The van der Waals surface area contributed by atoms with E-state index in [0.29, 0.717) is 12.0 Å². The summed E-state index contributed by atoms with van der Waals surface area (Å²) in [6.45, 7) is 14.0. The molecule has 0 N–H and O–H groups in total. The Balaban J connectivity index is 2.57. The van der Waals surface area contributed by atoms with Gasteiger partial charge in [0.2, 0.25) is 0 Å². The molecule has 15 heavy (non-hydrogen) atoms. The van der Waals surface area contributed by atoms with Crippen LogP contribution in [0.3, 0.4) is 0 Å². The fraction of sp³-hybridized carbons (Fsp3) is 0.714. The molecule has 0 radical (unpaired) electrons. The first-order valence-electron chi connectivity index (χ1n) is 5.91. The van der Waals surface area contributed by atoms with Gasteiger partial charge in [-0.15, -0.1) is 0 Å². The topological polar surface area (TPSA) is 9.23 Å². The van der Waals surface area contributed by atoms with E-state index in [2.05, 4.69) is 41.5 Å². The van der Waals surface area contributed by atoms with Gasteiger partial charge in [-0.1, -0.05) is 11.1 Å². The highest BCUT2D eigenvalue weighted by molar-refractivity contribution is 5.46. The maximum absolute atomic E-state index is 5.63. The van der Waals surface area contributed by atoms with Gasteiger partial charge in [-0.05, 0) is 59.1 Å². The summed E-state index contributed by atoms with van der Waals surface area (Å²) in [5.41, 5.74) is 6.05. The van der Waals surface area contributed by atoms with E-state index < -0.39 is 0 Å². The standard InChI is InChI=1S/C14H24O/c1-9(2)15-8-7-14-12(5)10(3)11(4)13(14)6/h9,14H,7-8H2,1-6H3. The van der Waals surface area contributed by atoms with E-state index in [-0.39, 0.29) is 0 Å². The van der Waals surface area contributed by atoms with Gasteiger partial charge in [0.1, 0.15) is 0 Å². The van der Waals surface area contributed by atoms with Crippen molar-refractivity contribution in [3.63, 3.8) is 0 Å². The van der Waals surface area contributed by atoms with Crippen LogP contribution in [0.15, 0.2) is 22.3 Å². The smallest absolute Gasteiger partial charge is 0.0518 e. The Morgan fingerprint density at radius 2 is 1.47 bits per heavy atom. The highest BCUT2D eigenvalue weighted by Crippen LogP contribution is 2.38. The molecule has 0 heterocycles. The van der Waals surface area contributed by atoms with Crippen molar-refractivity contribution in [3.8, 4) is 0 Å². The van der Waals surface area contributed by atoms with Crippen molar-refractivity contribution in [2.45, 2.75) is 54.1 Å². The summed E-state index contributed by atoms with van der Waals surface area (Å²) in [7, 11) is 0. The Hall–Kier alpha value is -0.560. The van der Waals surface area contributed by atoms with Crippen LogP contribution in [0.4, 0.5) is 0 Å². The molecule has 0 atom stereocenters. The van der Waals surface area contributed by atoms with Crippen molar-refractivity contribution in [1.29, 1.82) is 0 Å². The van der Waals surface area contributed by atoms with Gasteiger partial charge in [0, 0.05) is 12.5 Å². The van der Waals surface area contributed by atoms with Gasteiger partial charge in [0.15, 0.2) is 0 Å². The summed E-state index contributed by atoms with van der Waals surface area (Å²) in [6, 6.07) is 0. The summed E-state index contributed by atoms with van der Waals surface area (Å²) in [6.07, 6.45) is 1.48. The molecule has 1 heteroatoms. The predicted octanol–water partition coefficient (Wildman–Crippen LogP) is 4.10. The van der Waals surface area contributed by atoms with Crippen molar-refractivity contribution in [1.82, 2.24) is 0 Å². The largest absolute Gasteiger partial charge is 0.379 e. The second-order valence-electron chi connectivity index (χ2n) is 4.88. The molecule has 0 saturated heterocycles. The number of hydrogen-bond acceptors (Lipinski definition) is 1. The lowest BCUT2D eigenvalue weighted by atomic mass is 9.94. The normalized spacial score (nSPS) is 18.6. The van der Waals surface area contributed by atoms with Gasteiger partial charge >= 0.3 is 0 Å². The van der Waals surface area contributed by atoms with Crippen LogP contribution in [0.2, 0.25) is 0 Å². The Morgan fingerprint density at radius 3 is 1.87 bits per heavy atom. The zero-order chi connectivity index (χ0) is 11.6. The minimum absolute atomic E-state index is 0.349. The molecule has 0 spiro atoms. The maximum Gasteiger partial charge on any atom is 0.0518 e. The molecule has 0 aromatic rings. The van der Waals surface area contributed by atoms with Crippen molar-refractivity contribution >= 4 is 0 Å². The summed E-state index contributed by atoms with van der Waals surface area (Å²) < 4.78 is 5.63. The number of allylic oxidation sites excluding steroid dienone is 4. The monoisotopic (exact) mass is 208 g/mol. The van der Waals surface area contributed by atoms with Gasteiger partial charge in [-0.25, -0.2) is 0 Å². The third-order valence-electron chi connectivity index (χ3n) is 3.65. The van der Waals surface area contributed by atoms with Gasteiger partial charge in [0.25, 0.3) is 0 Å². The van der Waals surface area contributed by atoms with E-state index in [1.807, 2.05) is 0 Å². The van der Waals surface area contributed by atoms with Crippen LogP contribution < -0.4 is 0 Å². The fourth-order valence-corrected chi connectivity index (χ4v) is 2.29. The Kier molecular flexibility index (Phi) is 4.15. The molecule has 1 nitrogen and oxygen atoms in total. The van der Waals surface area contributed by atoms with Crippen LogP contribution in [0.25, 0.3) is 0 Å². The average molecular weight is 208 g/mol. The first-order chi connectivity index (χ1) is 6.95. The summed E-state index contributed by atoms with van der Waals surface area (Å²) in [4.78, 5) is 0. The molecule has 86 valence electrons. The third-order valence-corrected chi connectivity index (χ3v) is 3.65. The van der Waals surface area contributed by atoms with Gasteiger partial charge < -0.3 is 4.74 Å². The summed E-state index contributed by atoms with van der Waals surface area (Å²) in [5, 5.41) is 0. The lowest BCUT2D eigenvalue weighted by molar-refractivity contribution is 0.0730. The summed E-state index contributed by atoms with van der Waals surface area (Å²) in [5.74, 6) is 0.628. The summed E-state index contributed by atoms with van der Waals surface area (Å²) >= 11 is 0. The zero-order valence-corrected chi connectivity index (χ0v) is 11.0. The number of hydrogen-bond donors (Lipinski definition) is 0. The lowest BCUT2D eigenvalue weighted by Gasteiger charge is -2.16. The number of rotatable bonds is 4. The first-order valence-corrected chi connectivity index (χ1v) is 5.91. The van der Waals surface area contributed by atoms with Crippen molar-refractivity contribution < 1.29 is 4.74 Å². The lowest BCUT2D eigenvalue weighted by Crippen LogP contribution is -2.10. The average Bonchev–Trinajstić information content (AvgIpc) is 2.34. The Labute approximate surface area is 94.2 Å². The molecule has 1 aliphatic carbocycles. The van der Waals surface area contributed by atoms with Crippen LogP contribution in [0, 0.1) is 5.92 Å². The maximum atomic E-state index is 5.63. The molecule has 0 amide bonds. The van der Waals surface area contributed by atoms with Crippen LogP contribution in [-0.4, -0.2) is 12.7 Å². The molecular weight excluding hydrogens is 184 g/mol. The molecule has 1 aliphatic rings. The van der Waals surface area contributed by atoms with Gasteiger partial charge in [-0.3, -0.25) is 0 Å². The number of ether oxygens (including phenoxy) is 1. The molecule has 0 aromatic heterocycles. The quantitative estimate of drug-likeness (QED) is 0.675. The van der Waals surface area contributed by atoms with E-state index >= 15 is 0 Å². The van der Waals surface area contributed by atoms with E-state index in [1.54, 1.807) is 0 Å². The second kappa shape index (κ2) is 4.98. The van der Waals surface area contributed by atoms with Crippen LogP contribution in [0.1, 0.15) is 48.0 Å². The Morgan fingerprint density at radius 1 is 1.00 bits per heavy atom. The molecule has 0 aliphatic heterocycles. The predicted molar refractivity (Wildman–Crippen MR) is 65.9 cm³/mol. The zero-order valence-electron chi connectivity index (χ0n) is 11.0. The minimum atomic E-state index is 0.349. The third kappa shape index (κ3) is 2.72. The molecule has 1 rings (SSSR count). The molecule has 0 unspecified atom stereocenters. The fourth-order valence-electron chi connectivity index (χ4n) is 2.29. The SMILES string of the molecule is CC1=C(C)C(CCOC(C)C)C(C)=C1C. The van der Waals surface area contributed by atoms with Crippen LogP contribution >= 0.6 is 0 Å². The van der Waals surface area contributed by atoms with Gasteiger partial charge in [0.05, 0.1) is 6.10 Å².